The largest absolute Gasteiger partial charge is 0.416 e. The summed E-state index contributed by atoms with van der Waals surface area (Å²) in [6, 6.07) is 5.54. The molecule has 0 radical (unpaired) electrons. The SMILES string of the molecule is CCOCC(C)CCCC1CCC(CCN2CCN(c3cc(C#N)cc(C(F)(F)F)c3)CC2)CC1. The van der Waals surface area contributed by atoms with Crippen molar-refractivity contribution in [1.29, 1.82) is 5.26 Å². The van der Waals surface area contributed by atoms with Crippen LogP contribution >= 0.6 is 0 Å². The molecule has 1 unspecified atom stereocenters. The maximum atomic E-state index is 13.2. The van der Waals surface area contributed by atoms with Gasteiger partial charge in [-0.3, -0.25) is 4.90 Å². The average Bonchev–Trinajstić information content (AvgIpc) is 2.86. The lowest BCUT2D eigenvalue weighted by Crippen LogP contribution is -2.47. The second-order valence-electron chi connectivity index (χ2n) is 10.6. The Morgan fingerprint density at radius 1 is 1.03 bits per heavy atom. The number of nitrogens with zero attached hydrogens (tertiary/aromatic N) is 3. The van der Waals surface area contributed by atoms with Crippen LogP contribution in [0.2, 0.25) is 0 Å². The van der Waals surface area contributed by atoms with E-state index in [0.29, 0.717) is 24.7 Å². The minimum atomic E-state index is -4.44. The fourth-order valence-corrected chi connectivity index (χ4v) is 5.58. The van der Waals surface area contributed by atoms with E-state index in [2.05, 4.69) is 18.7 Å². The predicted octanol–water partition coefficient (Wildman–Crippen LogP) is 6.74. The molecule has 2 aliphatic rings. The van der Waals surface area contributed by atoms with Gasteiger partial charge in [-0.2, -0.15) is 18.4 Å². The minimum absolute atomic E-state index is 0.0629. The Morgan fingerprint density at radius 3 is 2.29 bits per heavy atom. The molecule has 3 rings (SSSR count). The molecule has 35 heavy (non-hydrogen) atoms. The third-order valence-electron chi connectivity index (χ3n) is 7.85. The smallest absolute Gasteiger partial charge is 0.381 e. The molecular formula is C28H42F3N3O. The van der Waals surface area contributed by atoms with E-state index in [1.807, 2.05) is 11.0 Å². The first-order valence-corrected chi connectivity index (χ1v) is 13.5. The molecule has 0 aromatic heterocycles. The van der Waals surface area contributed by atoms with E-state index in [0.717, 1.165) is 50.8 Å². The van der Waals surface area contributed by atoms with E-state index in [1.165, 1.54) is 57.4 Å². The van der Waals surface area contributed by atoms with Crippen LogP contribution in [-0.4, -0.2) is 50.8 Å². The molecule has 0 amide bonds. The molecule has 0 N–H and O–H groups in total. The number of hydrogen-bond acceptors (Lipinski definition) is 4. The van der Waals surface area contributed by atoms with Crippen LogP contribution in [0.1, 0.15) is 76.3 Å². The zero-order valence-corrected chi connectivity index (χ0v) is 21.5. The quantitative estimate of drug-likeness (QED) is 0.342. The van der Waals surface area contributed by atoms with Crippen molar-refractivity contribution < 1.29 is 17.9 Å². The summed E-state index contributed by atoms with van der Waals surface area (Å²) in [7, 11) is 0. The summed E-state index contributed by atoms with van der Waals surface area (Å²) in [6.07, 6.45) is 6.10. The van der Waals surface area contributed by atoms with E-state index in [1.54, 1.807) is 6.07 Å². The van der Waals surface area contributed by atoms with Crippen molar-refractivity contribution >= 4 is 5.69 Å². The molecule has 2 fully saturated rings. The predicted molar refractivity (Wildman–Crippen MR) is 134 cm³/mol. The number of halogens is 3. The van der Waals surface area contributed by atoms with Crippen molar-refractivity contribution in [3.63, 3.8) is 0 Å². The number of rotatable bonds is 11. The Labute approximate surface area is 209 Å². The molecule has 7 heteroatoms. The highest BCUT2D eigenvalue weighted by molar-refractivity contribution is 5.55. The molecular weight excluding hydrogens is 451 g/mol. The third-order valence-corrected chi connectivity index (χ3v) is 7.85. The Morgan fingerprint density at radius 2 is 1.69 bits per heavy atom. The van der Waals surface area contributed by atoms with Crippen molar-refractivity contribution in [3.05, 3.63) is 29.3 Å². The van der Waals surface area contributed by atoms with Crippen LogP contribution in [0, 0.1) is 29.1 Å². The lowest BCUT2D eigenvalue weighted by Gasteiger charge is -2.37. The molecule has 1 aliphatic carbocycles. The average molecular weight is 494 g/mol. The van der Waals surface area contributed by atoms with Crippen LogP contribution in [0.4, 0.5) is 18.9 Å². The molecule has 1 heterocycles. The molecule has 196 valence electrons. The summed E-state index contributed by atoms with van der Waals surface area (Å²) >= 11 is 0. The van der Waals surface area contributed by atoms with Gasteiger partial charge in [0.05, 0.1) is 17.2 Å². The Balaban J connectivity index is 1.34. The molecule has 0 bridgehead atoms. The first-order chi connectivity index (χ1) is 16.8. The minimum Gasteiger partial charge on any atom is -0.381 e. The number of nitriles is 1. The zero-order valence-electron chi connectivity index (χ0n) is 21.5. The third kappa shape index (κ3) is 8.99. The molecule has 1 aromatic rings. The van der Waals surface area contributed by atoms with Gasteiger partial charge in [-0.15, -0.1) is 0 Å². The van der Waals surface area contributed by atoms with Crippen LogP contribution in [0.3, 0.4) is 0 Å². The first kappa shape index (κ1) is 27.8. The van der Waals surface area contributed by atoms with Crippen LogP contribution in [0.5, 0.6) is 0 Å². The highest BCUT2D eigenvalue weighted by Crippen LogP contribution is 2.35. The summed E-state index contributed by atoms with van der Waals surface area (Å²) in [5.41, 5.74) is -0.181. The topological polar surface area (TPSA) is 39.5 Å². The Hall–Kier alpha value is -1.78. The van der Waals surface area contributed by atoms with Crippen LogP contribution in [0.15, 0.2) is 18.2 Å². The molecule has 4 nitrogen and oxygen atoms in total. The van der Waals surface area contributed by atoms with E-state index < -0.39 is 11.7 Å². The molecule has 1 saturated heterocycles. The van der Waals surface area contributed by atoms with Crippen LogP contribution in [-0.2, 0) is 10.9 Å². The van der Waals surface area contributed by atoms with Crippen molar-refractivity contribution in [2.45, 2.75) is 71.4 Å². The Kier molecular flexibility index (Phi) is 10.7. The maximum Gasteiger partial charge on any atom is 0.416 e. The van der Waals surface area contributed by atoms with Gasteiger partial charge in [-0.25, -0.2) is 0 Å². The highest BCUT2D eigenvalue weighted by atomic mass is 19.4. The number of benzene rings is 1. The summed E-state index contributed by atoms with van der Waals surface area (Å²) in [4.78, 5) is 4.42. The number of alkyl halides is 3. The molecule has 1 aliphatic heterocycles. The second-order valence-corrected chi connectivity index (χ2v) is 10.6. The van der Waals surface area contributed by atoms with E-state index in [9.17, 15) is 13.2 Å². The lowest BCUT2D eigenvalue weighted by molar-refractivity contribution is -0.137. The van der Waals surface area contributed by atoms with Gasteiger partial charge in [0, 0.05) is 45.1 Å². The van der Waals surface area contributed by atoms with Gasteiger partial charge in [0.1, 0.15) is 0 Å². The van der Waals surface area contributed by atoms with Crippen molar-refractivity contribution in [1.82, 2.24) is 4.90 Å². The number of anilines is 1. The van der Waals surface area contributed by atoms with Crippen molar-refractivity contribution in [2.24, 2.45) is 17.8 Å². The van der Waals surface area contributed by atoms with Gasteiger partial charge in [-0.05, 0) is 62.3 Å². The zero-order chi connectivity index (χ0) is 25.3. The second kappa shape index (κ2) is 13.5. The Bertz CT molecular complexity index is 807. The van der Waals surface area contributed by atoms with E-state index in [4.69, 9.17) is 10.00 Å². The van der Waals surface area contributed by atoms with Gasteiger partial charge in [0.25, 0.3) is 0 Å². The number of hydrogen-bond donors (Lipinski definition) is 0. The van der Waals surface area contributed by atoms with Crippen LogP contribution < -0.4 is 4.90 Å². The molecule has 0 spiro atoms. The normalized spacial score (nSPS) is 22.7. The fourth-order valence-electron chi connectivity index (χ4n) is 5.58. The molecule has 1 saturated carbocycles. The molecule has 1 atom stereocenters. The lowest BCUT2D eigenvalue weighted by atomic mass is 9.78. The first-order valence-electron chi connectivity index (χ1n) is 13.5. The molecule has 1 aromatic carbocycles. The summed E-state index contributed by atoms with van der Waals surface area (Å²) in [5.74, 6) is 2.36. The standard InChI is InChI=1S/C28H42F3N3O/c1-3-35-21-22(2)5-4-6-23-7-9-24(10-8-23)11-12-33-13-15-34(16-14-33)27-18-25(20-32)17-26(19-27)28(29,30)31/h17-19,22-24H,3-16,21H2,1-2H3. The number of piperazine rings is 1. The van der Waals surface area contributed by atoms with Crippen molar-refractivity contribution in [3.8, 4) is 6.07 Å². The monoisotopic (exact) mass is 493 g/mol. The van der Waals surface area contributed by atoms with Crippen molar-refractivity contribution in [2.75, 3.05) is 50.8 Å². The summed E-state index contributed by atoms with van der Waals surface area (Å²) < 4.78 is 45.1. The van der Waals surface area contributed by atoms with E-state index in [-0.39, 0.29) is 5.56 Å². The van der Waals surface area contributed by atoms with Gasteiger partial charge >= 0.3 is 6.18 Å². The van der Waals surface area contributed by atoms with Gasteiger partial charge in [0.15, 0.2) is 0 Å². The van der Waals surface area contributed by atoms with Gasteiger partial charge in [-0.1, -0.05) is 45.4 Å². The summed E-state index contributed by atoms with van der Waals surface area (Å²) in [5, 5.41) is 9.15. The summed E-state index contributed by atoms with van der Waals surface area (Å²) in [6.45, 7) is 10.2. The maximum absolute atomic E-state index is 13.2. The highest BCUT2D eigenvalue weighted by Gasteiger charge is 2.32. The van der Waals surface area contributed by atoms with Gasteiger partial charge < -0.3 is 9.64 Å². The fraction of sp³-hybridized carbons (Fsp3) is 0.750. The van der Waals surface area contributed by atoms with Crippen LogP contribution in [0.25, 0.3) is 0 Å². The van der Waals surface area contributed by atoms with Gasteiger partial charge in [0.2, 0.25) is 0 Å². The number of ether oxygens (including phenoxy) is 1. The van der Waals surface area contributed by atoms with E-state index >= 15 is 0 Å².